The van der Waals surface area contributed by atoms with Crippen molar-refractivity contribution in [1.29, 1.82) is 0 Å². The Morgan fingerprint density at radius 2 is 1.71 bits per heavy atom. The average molecular weight is 290 g/mol. The smallest absolute Gasteiger partial charge is 0.240 e. The van der Waals surface area contributed by atoms with E-state index in [-0.39, 0.29) is 25.2 Å². The molecule has 112 valence electrons. The van der Waals surface area contributed by atoms with E-state index < -0.39 is 11.8 Å². The number of benzene rings is 1. The maximum atomic E-state index is 11.6. The van der Waals surface area contributed by atoms with Crippen molar-refractivity contribution in [3.05, 3.63) is 30.3 Å². The summed E-state index contributed by atoms with van der Waals surface area (Å²) in [7, 11) is 0. The highest BCUT2D eigenvalue weighted by Crippen LogP contribution is 2.05. The zero-order chi connectivity index (χ0) is 15.7. The van der Waals surface area contributed by atoms with Gasteiger partial charge in [-0.25, -0.2) is 5.43 Å². The second-order valence-corrected chi connectivity index (χ2v) is 4.44. The predicted octanol–water partition coefficient (Wildman–Crippen LogP) is 0.773. The number of hydrogen-bond donors (Lipinski definition) is 3. The molecule has 0 saturated heterocycles. The third-order valence-corrected chi connectivity index (χ3v) is 2.44. The van der Waals surface area contributed by atoms with Crippen LogP contribution >= 0.6 is 0 Å². The summed E-state index contributed by atoms with van der Waals surface area (Å²) in [6.07, 6.45) is 0.0336. The summed E-state index contributed by atoms with van der Waals surface area (Å²) < 4.78 is 0. The molecule has 7 nitrogen and oxygen atoms in total. The first-order chi connectivity index (χ1) is 9.97. The molecule has 4 N–H and O–H groups in total. The second kappa shape index (κ2) is 8.47. The van der Waals surface area contributed by atoms with E-state index in [4.69, 9.17) is 5.73 Å². The van der Waals surface area contributed by atoms with Gasteiger partial charge in [0.1, 0.15) is 0 Å². The number of nitrogens with zero attached hydrogens (tertiary/aromatic N) is 1. The van der Waals surface area contributed by atoms with Crippen LogP contribution in [0.3, 0.4) is 0 Å². The Kier molecular flexibility index (Phi) is 6.59. The maximum absolute atomic E-state index is 11.6. The lowest BCUT2D eigenvalue weighted by atomic mass is 10.2. The van der Waals surface area contributed by atoms with Crippen LogP contribution in [-0.4, -0.2) is 23.4 Å². The monoisotopic (exact) mass is 290 g/mol. The molecule has 0 bridgehead atoms. The van der Waals surface area contributed by atoms with E-state index in [9.17, 15) is 14.4 Å². The normalized spacial score (nSPS) is 10.8. The standard InChI is InChI=1S/C14H18N4O3/c1-10(9-12(15)19)17-18-14(21)8-7-13(20)16-11-5-3-2-4-6-11/h2-6H,7-9H2,1H3,(H2,15,19)(H,16,20)(H,18,21). The zero-order valence-electron chi connectivity index (χ0n) is 11.8. The molecule has 0 aliphatic heterocycles. The highest BCUT2D eigenvalue weighted by Gasteiger charge is 2.07. The lowest BCUT2D eigenvalue weighted by Crippen LogP contribution is -2.23. The topological polar surface area (TPSA) is 114 Å². The van der Waals surface area contributed by atoms with E-state index in [0.717, 1.165) is 0 Å². The van der Waals surface area contributed by atoms with Gasteiger partial charge in [-0.15, -0.1) is 0 Å². The number of carbonyl (C=O) groups excluding carboxylic acids is 3. The summed E-state index contributed by atoms with van der Waals surface area (Å²) in [5, 5.41) is 6.38. The molecular weight excluding hydrogens is 272 g/mol. The number of rotatable bonds is 7. The van der Waals surface area contributed by atoms with Gasteiger partial charge in [-0.05, 0) is 19.1 Å². The van der Waals surface area contributed by atoms with Crippen LogP contribution in [0.25, 0.3) is 0 Å². The van der Waals surface area contributed by atoms with Crippen molar-refractivity contribution in [2.75, 3.05) is 5.32 Å². The van der Waals surface area contributed by atoms with Gasteiger partial charge in [-0.1, -0.05) is 18.2 Å². The van der Waals surface area contributed by atoms with Crippen molar-refractivity contribution in [3.8, 4) is 0 Å². The molecule has 21 heavy (non-hydrogen) atoms. The Labute approximate surface area is 122 Å². The third kappa shape index (κ3) is 7.46. The molecule has 1 aromatic carbocycles. The SMILES string of the molecule is CC(CC(N)=O)=NNC(=O)CCC(=O)Nc1ccccc1. The van der Waals surface area contributed by atoms with Crippen molar-refractivity contribution in [2.45, 2.75) is 26.2 Å². The van der Waals surface area contributed by atoms with Crippen molar-refractivity contribution in [3.63, 3.8) is 0 Å². The molecule has 0 saturated carbocycles. The van der Waals surface area contributed by atoms with Gasteiger partial charge in [0.25, 0.3) is 0 Å². The lowest BCUT2D eigenvalue weighted by Gasteiger charge is -2.04. The first kappa shape index (κ1) is 16.4. The van der Waals surface area contributed by atoms with Crippen molar-refractivity contribution < 1.29 is 14.4 Å². The predicted molar refractivity (Wildman–Crippen MR) is 79.4 cm³/mol. The summed E-state index contributed by atoms with van der Waals surface area (Å²) in [5.74, 6) is -1.18. The highest BCUT2D eigenvalue weighted by atomic mass is 16.2. The van der Waals surface area contributed by atoms with Gasteiger partial charge >= 0.3 is 0 Å². The summed E-state index contributed by atoms with van der Waals surface area (Å²) in [4.78, 5) is 33.7. The fourth-order valence-electron chi connectivity index (χ4n) is 1.48. The Hall–Kier alpha value is -2.70. The maximum Gasteiger partial charge on any atom is 0.240 e. The van der Waals surface area contributed by atoms with E-state index in [1.54, 1.807) is 31.2 Å². The number of carbonyl (C=O) groups is 3. The van der Waals surface area contributed by atoms with Crippen LogP contribution in [0.5, 0.6) is 0 Å². The molecule has 1 rings (SSSR count). The summed E-state index contributed by atoms with van der Waals surface area (Å²) in [5.41, 5.74) is 8.34. The lowest BCUT2D eigenvalue weighted by molar-refractivity contribution is -0.124. The number of nitrogens with two attached hydrogens (primary N) is 1. The minimum Gasteiger partial charge on any atom is -0.369 e. The summed E-state index contributed by atoms with van der Waals surface area (Å²) in [6, 6.07) is 8.97. The minimum absolute atomic E-state index is 0.00597. The molecule has 0 aliphatic rings. The molecular formula is C14H18N4O3. The Morgan fingerprint density at radius 3 is 2.33 bits per heavy atom. The van der Waals surface area contributed by atoms with Crippen LogP contribution in [0.1, 0.15) is 26.2 Å². The number of hydrogen-bond acceptors (Lipinski definition) is 4. The molecule has 0 heterocycles. The molecule has 3 amide bonds. The van der Waals surface area contributed by atoms with Gasteiger partial charge in [-0.2, -0.15) is 5.10 Å². The number of hydrazone groups is 1. The largest absolute Gasteiger partial charge is 0.369 e. The molecule has 0 spiro atoms. The molecule has 0 unspecified atom stereocenters. The van der Waals surface area contributed by atoms with Crippen LogP contribution in [0, 0.1) is 0 Å². The van der Waals surface area contributed by atoms with Crippen LogP contribution in [0.4, 0.5) is 5.69 Å². The number of anilines is 1. The number of para-hydroxylation sites is 1. The van der Waals surface area contributed by atoms with E-state index in [2.05, 4.69) is 15.8 Å². The van der Waals surface area contributed by atoms with E-state index in [1.807, 2.05) is 6.07 Å². The third-order valence-electron chi connectivity index (χ3n) is 2.44. The molecule has 0 aromatic heterocycles. The average Bonchev–Trinajstić information content (AvgIpc) is 2.43. The van der Waals surface area contributed by atoms with Gasteiger partial charge in [0.2, 0.25) is 17.7 Å². The summed E-state index contributed by atoms with van der Waals surface area (Å²) in [6.45, 7) is 1.58. The molecule has 0 radical (unpaired) electrons. The van der Waals surface area contributed by atoms with Crippen molar-refractivity contribution in [1.82, 2.24) is 5.43 Å². The quantitative estimate of drug-likeness (QED) is 0.509. The molecule has 7 heteroatoms. The van der Waals surface area contributed by atoms with Crippen LogP contribution in [0.2, 0.25) is 0 Å². The Balaban J connectivity index is 2.29. The van der Waals surface area contributed by atoms with Crippen LogP contribution in [-0.2, 0) is 14.4 Å². The van der Waals surface area contributed by atoms with Crippen LogP contribution < -0.4 is 16.5 Å². The molecule has 1 aromatic rings. The second-order valence-electron chi connectivity index (χ2n) is 4.44. The van der Waals surface area contributed by atoms with E-state index >= 15 is 0 Å². The molecule has 0 aliphatic carbocycles. The van der Waals surface area contributed by atoms with E-state index in [0.29, 0.717) is 11.4 Å². The zero-order valence-corrected chi connectivity index (χ0v) is 11.8. The molecule has 0 atom stereocenters. The number of primary amides is 1. The van der Waals surface area contributed by atoms with Crippen molar-refractivity contribution in [2.24, 2.45) is 10.8 Å². The number of nitrogens with one attached hydrogen (secondary N) is 2. The Morgan fingerprint density at radius 1 is 1.10 bits per heavy atom. The van der Waals surface area contributed by atoms with Gasteiger partial charge in [-0.3, -0.25) is 14.4 Å². The first-order valence-electron chi connectivity index (χ1n) is 6.42. The Bertz CT molecular complexity index is 540. The molecule has 0 fully saturated rings. The fraction of sp³-hybridized carbons (Fsp3) is 0.286. The van der Waals surface area contributed by atoms with Gasteiger partial charge in [0.05, 0.1) is 6.42 Å². The number of amides is 3. The van der Waals surface area contributed by atoms with Gasteiger partial charge in [0, 0.05) is 24.2 Å². The fourth-order valence-corrected chi connectivity index (χ4v) is 1.48. The highest BCUT2D eigenvalue weighted by molar-refractivity contribution is 5.99. The summed E-state index contributed by atoms with van der Waals surface area (Å²) >= 11 is 0. The first-order valence-corrected chi connectivity index (χ1v) is 6.42. The van der Waals surface area contributed by atoms with Gasteiger partial charge < -0.3 is 11.1 Å². The van der Waals surface area contributed by atoms with Crippen molar-refractivity contribution >= 4 is 29.1 Å². The minimum atomic E-state index is -0.521. The van der Waals surface area contributed by atoms with E-state index in [1.165, 1.54) is 0 Å². The van der Waals surface area contributed by atoms with Crippen LogP contribution in [0.15, 0.2) is 35.4 Å². The van der Waals surface area contributed by atoms with Gasteiger partial charge in [0.15, 0.2) is 0 Å².